The molecule has 4 nitrogen and oxygen atoms in total. The van der Waals surface area contributed by atoms with Crippen LogP contribution in [0.5, 0.6) is 0 Å². The Kier molecular flexibility index (Phi) is 2.75. The first-order valence-corrected chi connectivity index (χ1v) is 5.87. The van der Waals surface area contributed by atoms with Gasteiger partial charge < -0.3 is 4.74 Å². The van der Waals surface area contributed by atoms with Crippen LogP contribution in [0.1, 0.15) is 47.0 Å². The van der Waals surface area contributed by atoms with Crippen LogP contribution in [0, 0.1) is 5.92 Å². The molecule has 0 radical (unpaired) electrons. The number of rotatable bonds is 1. The Bertz CT molecular complexity index is 299. The lowest BCUT2D eigenvalue weighted by atomic mass is 9.71. The molecule has 2 fully saturated rings. The molecular weight excluding hydrogens is 208 g/mol. The molecule has 2 aliphatic rings. The van der Waals surface area contributed by atoms with E-state index < -0.39 is 5.60 Å². The molecule has 2 bridgehead atoms. The SMILES string of the molecule is CC(=O)O[C@@]1(C)CC[C@@H]2C[C@H]1OOC2(C)C. The van der Waals surface area contributed by atoms with E-state index in [0.717, 1.165) is 19.3 Å². The molecule has 0 unspecified atom stereocenters. The molecule has 16 heavy (non-hydrogen) atoms. The van der Waals surface area contributed by atoms with Gasteiger partial charge in [0.2, 0.25) is 0 Å². The van der Waals surface area contributed by atoms with Crippen molar-refractivity contribution in [2.45, 2.75) is 64.3 Å². The fraction of sp³-hybridized carbons (Fsp3) is 0.917. The quantitative estimate of drug-likeness (QED) is 0.510. The monoisotopic (exact) mass is 228 g/mol. The summed E-state index contributed by atoms with van der Waals surface area (Å²) >= 11 is 0. The van der Waals surface area contributed by atoms with Gasteiger partial charge >= 0.3 is 5.97 Å². The fourth-order valence-corrected chi connectivity index (χ4v) is 2.72. The summed E-state index contributed by atoms with van der Waals surface area (Å²) in [7, 11) is 0. The molecule has 1 saturated heterocycles. The van der Waals surface area contributed by atoms with Crippen LogP contribution in [0.4, 0.5) is 0 Å². The molecule has 1 saturated carbocycles. The lowest BCUT2D eigenvalue weighted by Gasteiger charge is -2.50. The van der Waals surface area contributed by atoms with Crippen molar-refractivity contribution in [1.82, 2.24) is 0 Å². The highest BCUT2D eigenvalue weighted by atomic mass is 17.2. The normalized spacial score (nSPS) is 41.5. The first-order chi connectivity index (χ1) is 7.33. The van der Waals surface area contributed by atoms with E-state index in [-0.39, 0.29) is 17.7 Å². The van der Waals surface area contributed by atoms with Crippen molar-refractivity contribution in [3.05, 3.63) is 0 Å². The van der Waals surface area contributed by atoms with Crippen molar-refractivity contribution in [2.24, 2.45) is 5.92 Å². The molecule has 0 aromatic heterocycles. The average molecular weight is 228 g/mol. The standard InChI is InChI=1S/C12H20O4/c1-8(13)14-12(4)6-5-9-7-10(12)15-16-11(9,2)3/h9-10H,5-7H2,1-4H3/t9-,10-,12+/m1/s1. The van der Waals surface area contributed by atoms with Crippen LogP contribution >= 0.6 is 0 Å². The maximum atomic E-state index is 11.1. The molecule has 1 aliphatic heterocycles. The topological polar surface area (TPSA) is 44.8 Å². The zero-order valence-electron chi connectivity index (χ0n) is 10.4. The van der Waals surface area contributed by atoms with E-state index in [2.05, 4.69) is 0 Å². The molecule has 4 heteroatoms. The average Bonchev–Trinajstić information content (AvgIpc) is 2.14. The van der Waals surface area contributed by atoms with Gasteiger partial charge in [-0.05, 0) is 46.0 Å². The van der Waals surface area contributed by atoms with Gasteiger partial charge in [-0.15, -0.1) is 0 Å². The van der Waals surface area contributed by atoms with Crippen LogP contribution in [0.25, 0.3) is 0 Å². The van der Waals surface area contributed by atoms with Crippen molar-refractivity contribution in [2.75, 3.05) is 0 Å². The largest absolute Gasteiger partial charge is 0.457 e. The van der Waals surface area contributed by atoms with Crippen LogP contribution in [0.3, 0.4) is 0 Å². The van der Waals surface area contributed by atoms with E-state index in [1.54, 1.807) is 0 Å². The fourth-order valence-electron chi connectivity index (χ4n) is 2.72. The van der Waals surface area contributed by atoms with Gasteiger partial charge in [-0.25, -0.2) is 9.78 Å². The molecule has 0 N–H and O–H groups in total. The maximum absolute atomic E-state index is 11.1. The molecule has 0 aromatic rings. The Morgan fingerprint density at radius 1 is 1.38 bits per heavy atom. The Morgan fingerprint density at radius 2 is 2.06 bits per heavy atom. The van der Waals surface area contributed by atoms with E-state index in [1.807, 2.05) is 20.8 Å². The highest BCUT2D eigenvalue weighted by Gasteiger charge is 2.52. The minimum atomic E-state index is -0.529. The van der Waals surface area contributed by atoms with Crippen molar-refractivity contribution in [3.63, 3.8) is 0 Å². The second-order valence-corrected chi connectivity index (χ2v) is 5.65. The molecule has 92 valence electrons. The highest BCUT2D eigenvalue weighted by molar-refractivity contribution is 5.66. The lowest BCUT2D eigenvalue weighted by Crippen LogP contribution is -2.57. The van der Waals surface area contributed by atoms with Crippen LogP contribution in [0.2, 0.25) is 0 Å². The van der Waals surface area contributed by atoms with Gasteiger partial charge in [-0.1, -0.05) is 0 Å². The lowest BCUT2D eigenvalue weighted by molar-refractivity contribution is -0.442. The summed E-state index contributed by atoms with van der Waals surface area (Å²) in [5.41, 5.74) is -0.757. The number of carbonyl (C=O) groups is 1. The van der Waals surface area contributed by atoms with Crippen LogP contribution in [-0.4, -0.2) is 23.3 Å². The smallest absolute Gasteiger partial charge is 0.303 e. The first-order valence-electron chi connectivity index (χ1n) is 5.87. The highest BCUT2D eigenvalue weighted by Crippen LogP contribution is 2.46. The molecule has 0 aromatic carbocycles. The number of carbonyl (C=O) groups excluding carboxylic acids is 1. The van der Waals surface area contributed by atoms with Crippen molar-refractivity contribution >= 4 is 5.97 Å². The third-order valence-electron chi connectivity index (χ3n) is 3.91. The number of hydrogen-bond acceptors (Lipinski definition) is 4. The number of fused-ring (bicyclic) bond motifs is 2. The molecule has 3 atom stereocenters. The minimum absolute atomic E-state index is 0.136. The summed E-state index contributed by atoms with van der Waals surface area (Å²) in [5, 5.41) is 0. The van der Waals surface area contributed by atoms with Crippen LogP contribution < -0.4 is 0 Å². The maximum Gasteiger partial charge on any atom is 0.303 e. The molecule has 1 heterocycles. The van der Waals surface area contributed by atoms with Crippen molar-refractivity contribution in [1.29, 1.82) is 0 Å². The second-order valence-electron chi connectivity index (χ2n) is 5.65. The van der Waals surface area contributed by atoms with Gasteiger partial charge in [0.1, 0.15) is 17.3 Å². The van der Waals surface area contributed by atoms with Crippen molar-refractivity contribution < 1.29 is 19.3 Å². The summed E-state index contributed by atoms with van der Waals surface area (Å²) in [6, 6.07) is 0. The summed E-state index contributed by atoms with van der Waals surface area (Å²) in [5.74, 6) is 0.226. The third kappa shape index (κ3) is 1.96. The number of ether oxygens (including phenoxy) is 1. The Hall–Kier alpha value is -0.610. The molecule has 1 aliphatic carbocycles. The molecule has 0 amide bonds. The van der Waals surface area contributed by atoms with E-state index >= 15 is 0 Å². The Labute approximate surface area is 96.2 Å². The summed E-state index contributed by atoms with van der Waals surface area (Å²) in [6.07, 6.45) is 2.62. The predicted octanol–water partition coefficient (Wildman–Crippen LogP) is 2.22. The van der Waals surface area contributed by atoms with Gasteiger partial charge in [0.25, 0.3) is 0 Å². The van der Waals surface area contributed by atoms with Crippen LogP contribution in [0.15, 0.2) is 0 Å². The third-order valence-corrected chi connectivity index (χ3v) is 3.91. The predicted molar refractivity (Wildman–Crippen MR) is 57.5 cm³/mol. The molecule has 2 rings (SSSR count). The van der Waals surface area contributed by atoms with E-state index in [1.165, 1.54) is 6.92 Å². The Morgan fingerprint density at radius 3 is 2.69 bits per heavy atom. The number of esters is 1. The van der Waals surface area contributed by atoms with Crippen LogP contribution in [-0.2, 0) is 19.3 Å². The Balaban J connectivity index is 2.11. The first kappa shape index (κ1) is 11.9. The van der Waals surface area contributed by atoms with Gasteiger partial charge in [0, 0.05) is 6.92 Å². The summed E-state index contributed by atoms with van der Waals surface area (Å²) < 4.78 is 5.39. The van der Waals surface area contributed by atoms with Crippen molar-refractivity contribution in [3.8, 4) is 0 Å². The van der Waals surface area contributed by atoms with Gasteiger partial charge in [0.05, 0.1) is 0 Å². The van der Waals surface area contributed by atoms with E-state index in [9.17, 15) is 4.79 Å². The van der Waals surface area contributed by atoms with Gasteiger partial charge in [0.15, 0.2) is 0 Å². The van der Waals surface area contributed by atoms with E-state index in [0.29, 0.717) is 5.92 Å². The molecular formula is C12H20O4. The van der Waals surface area contributed by atoms with E-state index in [4.69, 9.17) is 14.5 Å². The summed E-state index contributed by atoms with van der Waals surface area (Å²) in [6.45, 7) is 7.45. The zero-order chi connectivity index (χ0) is 12.0. The zero-order valence-corrected chi connectivity index (χ0v) is 10.4. The van der Waals surface area contributed by atoms with Gasteiger partial charge in [-0.3, -0.25) is 4.79 Å². The number of hydrogen-bond donors (Lipinski definition) is 0. The summed E-state index contributed by atoms with van der Waals surface area (Å²) in [4.78, 5) is 21.9. The molecule has 0 spiro atoms. The minimum Gasteiger partial charge on any atom is -0.457 e. The van der Waals surface area contributed by atoms with Gasteiger partial charge in [-0.2, -0.15) is 0 Å². The second kappa shape index (κ2) is 3.70.